The third-order valence-corrected chi connectivity index (χ3v) is 6.48. The van der Waals surface area contributed by atoms with Gasteiger partial charge in [0, 0.05) is 31.0 Å². The van der Waals surface area contributed by atoms with Gasteiger partial charge in [-0.25, -0.2) is 0 Å². The molecular weight excluding hydrogens is 438 g/mol. The van der Waals surface area contributed by atoms with E-state index in [0.717, 1.165) is 48.7 Å². The van der Waals surface area contributed by atoms with Gasteiger partial charge in [-0.15, -0.1) is 0 Å². The van der Waals surface area contributed by atoms with E-state index in [2.05, 4.69) is 10.2 Å². The van der Waals surface area contributed by atoms with E-state index in [4.69, 9.17) is 4.74 Å². The molecule has 1 saturated heterocycles. The summed E-state index contributed by atoms with van der Waals surface area (Å²) in [5.74, 6) is -0.288. The molecule has 35 heavy (non-hydrogen) atoms. The van der Waals surface area contributed by atoms with E-state index in [9.17, 15) is 9.59 Å². The molecule has 6 heteroatoms. The molecule has 2 amide bonds. The van der Waals surface area contributed by atoms with Gasteiger partial charge < -0.3 is 19.9 Å². The molecule has 1 fully saturated rings. The monoisotopic (exact) mass is 471 g/mol. The molecule has 182 valence electrons. The van der Waals surface area contributed by atoms with Gasteiger partial charge in [0.1, 0.15) is 6.04 Å². The van der Waals surface area contributed by atoms with Gasteiger partial charge in [0.05, 0.1) is 19.6 Å². The van der Waals surface area contributed by atoms with E-state index in [-0.39, 0.29) is 18.2 Å². The number of carbonyl (C=O) groups excluding carboxylic acids is 2. The number of hydrogen-bond donors (Lipinski definition) is 1. The average Bonchev–Trinajstić information content (AvgIpc) is 2.89. The quantitative estimate of drug-likeness (QED) is 0.528. The largest absolute Gasteiger partial charge is 0.378 e. The molecule has 1 unspecified atom stereocenters. The highest BCUT2D eigenvalue weighted by molar-refractivity contribution is 5.97. The van der Waals surface area contributed by atoms with Gasteiger partial charge in [0.2, 0.25) is 11.8 Å². The van der Waals surface area contributed by atoms with Crippen LogP contribution in [0.15, 0.2) is 78.9 Å². The fourth-order valence-electron chi connectivity index (χ4n) is 4.25. The van der Waals surface area contributed by atoms with E-state index >= 15 is 0 Å². The molecule has 0 bridgehead atoms. The number of anilines is 2. The molecule has 1 heterocycles. The van der Waals surface area contributed by atoms with Crippen LogP contribution in [0.1, 0.15) is 23.6 Å². The number of nitrogens with one attached hydrogen (secondary N) is 1. The molecule has 1 aliphatic heterocycles. The fourth-order valence-corrected chi connectivity index (χ4v) is 4.25. The predicted octanol–water partition coefficient (Wildman–Crippen LogP) is 4.43. The minimum absolute atomic E-state index is 0.0789. The number of ether oxygens (including phenoxy) is 1. The minimum Gasteiger partial charge on any atom is -0.378 e. The average molecular weight is 472 g/mol. The van der Waals surface area contributed by atoms with Crippen molar-refractivity contribution in [2.24, 2.45) is 0 Å². The number of aryl methyl sites for hydroxylation is 1. The lowest BCUT2D eigenvalue weighted by molar-refractivity contribution is -0.138. The lowest BCUT2D eigenvalue weighted by Gasteiger charge is -2.30. The zero-order valence-electron chi connectivity index (χ0n) is 20.4. The van der Waals surface area contributed by atoms with Crippen molar-refractivity contribution in [3.05, 3.63) is 95.6 Å². The van der Waals surface area contributed by atoms with Crippen LogP contribution in [0, 0.1) is 6.92 Å². The Morgan fingerprint density at radius 3 is 2.29 bits per heavy atom. The summed E-state index contributed by atoms with van der Waals surface area (Å²) < 4.78 is 5.42. The first-order valence-corrected chi connectivity index (χ1v) is 12.1. The minimum atomic E-state index is -0.635. The second kappa shape index (κ2) is 11.7. The highest BCUT2D eigenvalue weighted by atomic mass is 16.5. The summed E-state index contributed by atoms with van der Waals surface area (Å²) in [6, 6.07) is 24.8. The van der Waals surface area contributed by atoms with Crippen LogP contribution in [-0.4, -0.2) is 49.1 Å². The SMILES string of the molecule is Cc1ccccc1CN(C(=O)Cc1ccccc1)C(C)C(=O)Nc1ccc(N2CCOCC2)cc1. The number of nitrogens with zero attached hydrogens (tertiary/aromatic N) is 2. The fraction of sp³-hybridized carbons (Fsp3) is 0.310. The number of morpholine rings is 1. The van der Waals surface area contributed by atoms with Crippen LogP contribution >= 0.6 is 0 Å². The van der Waals surface area contributed by atoms with Gasteiger partial charge in [0.15, 0.2) is 0 Å². The van der Waals surface area contributed by atoms with Crippen molar-refractivity contribution < 1.29 is 14.3 Å². The summed E-state index contributed by atoms with van der Waals surface area (Å²) >= 11 is 0. The second-order valence-corrected chi connectivity index (χ2v) is 8.92. The van der Waals surface area contributed by atoms with Gasteiger partial charge in [-0.1, -0.05) is 54.6 Å². The summed E-state index contributed by atoms with van der Waals surface area (Å²) in [5, 5.41) is 3.00. The van der Waals surface area contributed by atoms with E-state index < -0.39 is 6.04 Å². The molecule has 0 aromatic heterocycles. The van der Waals surface area contributed by atoms with E-state index in [1.807, 2.05) is 85.8 Å². The van der Waals surface area contributed by atoms with E-state index in [0.29, 0.717) is 12.2 Å². The summed E-state index contributed by atoms with van der Waals surface area (Å²) in [7, 11) is 0. The van der Waals surface area contributed by atoms with Crippen LogP contribution < -0.4 is 10.2 Å². The van der Waals surface area contributed by atoms with Crippen LogP contribution in [0.5, 0.6) is 0 Å². The maximum absolute atomic E-state index is 13.4. The van der Waals surface area contributed by atoms with Gasteiger partial charge >= 0.3 is 0 Å². The molecule has 0 saturated carbocycles. The molecular formula is C29H33N3O3. The number of benzene rings is 3. The first-order valence-electron chi connectivity index (χ1n) is 12.1. The zero-order chi connectivity index (χ0) is 24.6. The summed E-state index contributed by atoms with van der Waals surface area (Å²) in [5.41, 5.74) is 4.88. The molecule has 3 aromatic carbocycles. The summed E-state index contributed by atoms with van der Waals surface area (Å²) in [6.07, 6.45) is 0.249. The highest BCUT2D eigenvalue weighted by Crippen LogP contribution is 2.20. The molecule has 0 radical (unpaired) electrons. The lowest BCUT2D eigenvalue weighted by Crippen LogP contribution is -2.45. The van der Waals surface area contributed by atoms with Gasteiger partial charge in [-0.05, 0) is 54.8 Å². The van der Waals surface area contributed by atoms with Crippen LogP contribution in [0.4, 0.5) is 11.4 Å². The Labute approximate surface area is 207 Å². The zero-order valence-corrected chi connectivity index (χ0v) is 20.4. The molecule has 3 aromatic rings. The summed E-state index contributed by atoms with van der Waals surface area (Å²) in [4.78, 5) is 30.6. The Hall–Kier alpha value is -3.64. The molecule has 1 atom stereocenters. The Morgan fingerprint density at radius 1 is 0.943 bits per heavy atom. The Balaban J connectivity index is 1.47. The molecule has 1 N–H and O–H groups in total. The van der Waals surface area contributed by atoms with Crippen LogP contribution in [-0.2, 0) is 27.3 Å². The van der Waals surface area contributed by atoms with Crippen molar-refractivity contribution in [1.29, 1.82) is 0 Å². The maximum Gasteiger partial charge on any atom is 0.246 e. The van der Waals surface area contributed by atoms with Gasteiger partial charge in [-0.2, -0.15) is 0 Å². The topological polar surface area (TPSA) is 61.9 Å². The van der Waals surface area contributed by atoms with Crippen molar-refractivity contribution in [2.45, 2.75) is 32.9 Å². The normalized spacial score (nSPS) is 14.3. The predicted molar refractivity (Wildman–Crippen MR) is 139 cm³/mol. The third kappa shape index (κ3) is 6.49. The first kappa shape index (κ1) is 24.5. The van der Waals surface area contributed by atoms with Crippen LogP contribution in [0.2, 0.25) is 0 Å². The Morgan fingerprint density at radius 2 is 1.60 bits per heavy atom. The Bertz CT molecular complexity index is 1130. The third-order valence-electron chi connectivity index (χ3n) is 6.48. The number of amides is 2. The Kier molecular flexibility index (Phi) is 8.16. The van der Waals surface area contributed by atoms with Crippen LogP contribution in [0.25, 0.3) is 0 Å². The molecule has 1 aliphatic rings. The van der Waals surface area contributed by atoms with Crippen molar-refractivity contribution in [2.75, 3.05) is 36.5 Å². The van der Waals surface area contributed by atoms with Crippen molar-refractivity contribution in [3.8, 4) is 0 Å². The van der Waals surface area contributed by atoms with Crippen molar-refractivity contribution in [1.82, 2.24) is 4.90 Å². The number of carbonyl (C=O) groups is 2. The van der Waals surface area contributed by atoms with E-state index in [1.165, 1.54) is 0 Å². The second-order valence-electron chi connectivity index (χ2n) is 8.92. The highest BCUT2D eigenvalue weighted by Gasteiger charge is 2.27. The maximum atomic E-state index is 13.4. The summed E-state index contributed by atoms with van der Waals surface area (Å²) in [6.45, 7) is 7.37. The molecule has 0 spiro atoms. The first-order chi connectivity index (χ1) is 17.0. The molecule has 4 rings (SSSR count). The van der Waals surface area contributed by atoms with E-state index in [1.54, 1.807) is 11.8 Å². The van der Waals surface area contributed by atoms with Gasteiger partial charge in [-0.3, -0.25) is 9.59 Å². The van der Waals surface area contributed by atoms with Crippen LogP contribution in [0.3, 0.4) is 0 Å². The molecule has 0 aliphatic carbocycles. The smallest absolute Gasteiger partial charge is 0.246 e. The standard InChI is InChI=1S/C29H33N3O3/c1-22-8-6-7-11-25(22)21-32(28(33)20-24-9-4-3-5-10-24)23(2)29(34)30-26-12-14-27(15-13-26)31-16-18-35-19-17-31/h3-15,23H,16-21H2,1-2H3,(H,30,34). The van der Waals surface area contributed by atoms with Crippen molar-refractivity contribution >= 4 is 23.2 Å². The lowest BCUT2D eigenvalue weighted by atomic mass is 10.1. The number of rotatable bonds is 8. The number of hydrogen-bond acceptors (Lipinski definition) is 4. The van der Waals surface area contributed by atoms with Gasteiger partial charge in [0.25, 0.3) is 0 Å². The molecule has 6 nitrogen and oxygen atoms in total. The van der Waals surface area contributed by atoms with Crippen molar-refractivity contribution in [3.63, 3.8) is 0 Å².